The molecule has 0 aromatic heterocycles. The zero-order chi connectivity index (χ0) is 22.8. The Labute approximate surface area is 213 Å². The number of carbonyl (C=O) groups excluding carboxylic acids is 2. The van der Waals surface area contributed by atoms with E-state index in [1.165, 1.54) is 0 Å². The van der Waals surface area contributed by atoms with E-state index in [2.05, 4.69) is 52.8 Å². The molecule has 0 spiro atoms. The van der Waals surface area contributed by atoms with Crippen LogP contribution in [0.15, 0.2) is 84.8 Å². The van der Waals surface area contributed by atoms with Crippen molar-refractivity contribution >= 4 is 83.3 Å². The summed E-state index contributed by atoms with van der Waals surface area (Å²) in [5.74, 6) is -0.559. The summed E-state index contributed by atoms with van der Waals surface area (Å²) in [4.78, 5) is 29.1. The lowest BCUT2D eigenvalue weighted by Crippen LogP contribution is -2.09. The maximum Gasteiger partial charge on any atom is 0.363 e. The fourth-order valence-corrected chi connectivity index (χ4v) is 4.78. The summed E-state index contributed by atoms with van der Waals surface area (Å²) in [5, 5.41) is 0.525. The van der Waals surface area contributed by atoms with Gasteiger partial charge < -0.3 is 9.47 Å². The van der Waals surface area contributed by atoms with Crippen molar-refractivity contribution in [2.24, 2.45) is 4.99 Å². The normalized spacial score (nSPS) is 14.3. The number of carbonyl (C=O) groups is 2. The Morgan fingerprint density at radius 1 is 0.969 bits per heavy atom. The minimum absolute atomic E-state index is 0.153. The smallest absolute Gasteiger partial charge is 0.363 e. The van der Waals surface area contributed by atoms with E-state index in [1.807, 2.05) is 18.2 Å². The van der Waals surface area contributed by atoms with E-state index in [0.717, 1.165) is 4.47 Å². The Kier molecular flexibility index (Phi) is 6.95. The first kappa shape index (κ1) is 22.9. The van der Waals surface area contributed by atoms with Crippen LogP contribution in [0.25, 0.3) is 6.08 Å². The van der Waals surface area contributed by atoms with Gasteiger partial charge in [-0.3, -0.25) is 0 Å². The average Bonchev–Trinajstić information content (AvgIpc) is 3.11. The van der Waals surface area contributed by atoms with Crippen LogP contribution in [0.2, 0.25) is 5.02 Å². The highest BCUT2D eigenvalue weighted by molar-refractivity contribution is 9.11. The van der Waals surface area contributed by atoms with Gasteiger partial charge in [0.15, 0.2) is 11.4 Å². The molecule has 0 saturated heterocycles. The van der Waals surface area contributed by atoms with E-state index >= 15 is 0 Å². The van der Waals surface area contributed by atoms with Crippen molar-refractivity contribution in [1.29, 1.82) is 0 Å². The van der Waals surface area contributed by atoms with Gasteiger partial charge in [0.05, 0.1) is 20.1 Å². The highest BCUT2D eigenvalue weighted by Crippen LogP contribution is 2.36. The Morgan fingerprint density at radius 3 is 2.28 bits per heavy atom. The summed E-state index contributed by atoms with van der Waals surface area (Å²) in [6, 6.07) is 17.1. The molecule has 5 nitrogen and oxygen atoms in total. The van der Waals surface area contributed by atoms with Gasteiger partial charge in [-0.2, -0.15) is 0 Å². The number of aliphatic imine (C=N–C) groups is 1. The van der Waals surface area contributed by atoms with Crippen LogP contribution in [-0.4, -0.2) is 17.8 Å². The summed E-state index contributed by atoms with van der Waals surface area (Å²) >= 11 is 16.1. The van der Waals surface area contributed by atoms with Crippen molar-refractivity contribution in [2.45, 2.75) is 0 Å². The van der Waals surface area contributed by atoms with Crippen molar-refractivity contribution in [2.75, 3.05) is 0 Å². The molecule has 3 aromatic rings. The van der Waals surface area contributed by atoms with Gasteiger partial charge in [-0.1, -0.05) is 23.7 Å². The predicted molar refractivity (Wildman–Crippen MR) is 133 cm³/mol. The van der Waals surface area contributed by atoms with Gasteiger partial charge in [0.2, 0.25) is 5.90 Å². The monoisotopic (exact) mass is 637 g/mol. The van der Waals surface area contributed by atoms with E-state index in [0.29, 0.717) is 36.4 Å². The standard InChI is InChI=1S/C23H11Br3ClNO4/c24-16-4-2-1-3-15(16)21-28-19(23(30)32-21)11-12-9-17(25)20(18(26)10-12)31-22(29)13-5-7-14(27)8-6-13/h1-11H/b19-11-. The molecule has 3 aromatic carbocycles. The van der Waals surface area contributed by atoms with Crippen molar-refractivity contribution in [3.63, 3.8) is 0 Å². The third kappa shape index (κ3) is 5.04. The highest BCUT2D eigenvalue weighted by Gasteiger charge is 2.25. The summed E-state index contributed by atoms with van der Waals surface area (Å²) in [5.41, 5.74) is 1.85. The Bertz CT molecular complexity index is 1280. The molecular weight excluding hydrogens is 629 g/mol. The summed E-state index contributed by atoms with van der Waals surface area (Å²) in [6.07, 6.45) is 1.59. The third-order valence-electron chi connectivity index (χ3n) is 4.32. The number of ether oxygens (including phenoxy) is 2. The number of halogens is 4. The zero-order valence-electron chi connectivity index (χ0n) is 15.9. The SMILES string of the molecule is O=C1OC(c2ccccc2Br)=N/C1=C\c1cc(Br)c(OC(=O)c2ccc(Cl)cc2)c(Br)c1. The van der Waals surface area contributed by atoms with E-state index < -0.39 is 11.9 Å². The molecule has 0 bridgehead atoms. The maximum absolute atomic E-state index is 12.4. The molecule has 0 N–H and O–H groups in total. The van der Waals surface area contributed by atoms with Crippen LogP contribution in [0.3, 0.4) is 0 Å². The van der Waals surface area contributed by atoms with Crippen LogP contribution < -0.4 is 4.74 Å². The van der Waals surface area contributed by atoms with E-state index in [-0.39, 0.29) is 11.6 Å². The van der Waals surface area contributed by atoms with Crippen LogP contribution >= 0.6 is 59.4 Å². The molecule has 1 aliphatic rings. The number of esters is 2. The minimum atomic E-state index is -0.554. The van der Waals surface area contributed by atoms with Crippen molar-refractivity contribution < 1.29 is 19.1 Å². The molecule has 1 aliphatic heterocycles. The van der Waals surface area contributed by atoms with E-state index in [9.17, 15) is 9.59 Å². The lowest BCUT2D eigenvalue weighted by atomic mass is 10.2. The van der Waals surface area contributed by atoms with Crippen LogP contribution in [0.5, 0.6) is 5.75 Å². The van der Waals surface area contributed by atoms with Gasteiger partial charge in [-0.15, -0.1) is 0 Å². The Morgan fingerprint density at radius 2 is 1.62 bits per heavy atom. The minimum Gasteiger partial charge on any atom is -0.421 e. The molecule has 0 saturated carbocycles. The van der Waals surface area contributed by atoms with Crippen molar-refractivity contribution in [1.82, 2.24) is 0 Å². The van der Waals surface area contributed by atoms with Gasteiger partial charge in [0.1, 0.15) is 0 Å². The second-order valence-corrected chi connectivity index (χ2v) is 9.53. The molecule has 0 fully saturated rings. The largest absolute Gasteiger partial charge is 0.421 e. The van der Waals surface area contributed by atoms with Gasteiger partial charge in [-0.25, -0.2) is 14.6 Å². The molecule has 0 amide bonds. The van der Waals surface area contributed by atoms with Crippen LogP contribution in [0.4, 0.5) is 0 Å². The second kappa shape index (κ2) is 9.70. The lowest BCUT2D eigenvalue weighted by Gasteiger charge is -2.10. The molecule has 0 atom stereocenters. The van der Waals surface area contributed by atoms with E-state index in [4.69, 9.17) is 21.1 Å². The first-order chi connectivity index (χ1) is 15.3. The second-order valence-electron chi connectivity index (χ2n) is 6.53. The first-order valence-corrected chi connectivity index (χ1v) is 11.8. The topological polar surface area (TPSA) is 65.0 Å². The van der Waals surface area contributed by atoms with Crippen molar-refractivity contribution in [3.05, 3.63) is 101 Å². The Hall–Kier alpha value is -2.26. The molecule has 9 heteroatoms. The molecule has 160 valence electrons. The highest BCUT2D eigenvalue weighted by atomic mass is 79.9. The van der Waals surface area contributed by atoms with Gasteiger partial charge in [0, 0.05) is 9.50 Å². The molecule has 4 rings (SSSR count). The first-order valence-electron chi connectivity index (χ1n) is 9.06. The summed E-state index contributed by atoms with van der Waals surface area (Å²) < 4.78 is 12.6. The molecule has 0 unspecified atom stereocenters. The van der Waals surface area contributed by atoms with Crippen LogP contribution in [0.1, 0.15) is 21.5 Å². The Balaban J connectivity index is 1.60. The number of nitrogens with zero attached hydrogens (tertiary/aromatic N) is 1. The van der Waals surface area contributed by atoms with Crippen LogP contribution in [-0.2, 0) is 9.53 Å². The maximum atomic E-state index is 12.4. The average molecular weight is 641 g/mol. The number of cyclic esters (lactones) is 1. The zero-order valence-corrected chi connectivity index (χ0v) is 21.5. The number of benzene rings is 3. The fraction of sp³-hybridized carbons (Fsp3) is 0. The summed E-state index contributed by atoms with van der Waals surface area (Å²) in [7, 11) is 0. The van der Waals surface area contributed by atoms with Gasteiger partial charge in [0.25, 0.3) is 0 Å². The number of rotatable bonds is 4. The number of hydrogen-bond donors (Lipinski definition) is 0. The molecular formula is C23H11Br3ClNO4. The molecule has 0 aliphatic carbocycles. The molecule has 0 radical (unpaired) electrons. The van der Waals surface area contributed by atoms with E-state index in [1.54, 1.807) is 48.5 Å². The van der Waals surface area contributed by atoms with Crippen molar-refractivity contribution in [3.8, 4) is 5.75 Å². The van der Waals surface area contributed by atoms with Gasteiger partial charge in [-0.05, 0) is 108 Å². The van der Waals surface area contributed by atoms with Gasteiger partial charge >= 0.3 is 11.9 Å². The molecule has 32 heavy (non-hydrogen) atoms. The quantitative estimate of drug-likeness (QED) is 0.172. The summed E-state index contributed by atoms with van der Waals surface area (Å²) in [6.45, 7) is 0. The fourth-order valence-electron chi connectivity index (χ4n) is 2.81. The third-order valence-corrected chi connectivity index (χ3v) is 6.45. The predicted octanol–water partition coefficient (Wildman–Crippen LogP) is 7.19. The van der Waals surface area contributed by atoms with Crippen LogP contribution in [0, 0.1) is 0 Å². The molecule has 1 heterocycles. The lowest BCUT2D eigenvalue weighted by molar-refractivity contribution is -0.129. The number of hydrogen-bond acceptors (Lipinski definition) is 5.